The van der Waals surface area contributed by atoms with Crippen molar-refractivity contribution in [1.29, 1.82) is 0 Å². The summed E-state index contributed by atoms with van der Waals surface area (Å²) in [7, 11) is 0. The molecule has 0 unspecified atom stereocenters. The fraction of sp³-hybridized carbons (Fsp3) is 0. The quantitative estimate of drug-likeness (QED) is 0.196. The van der Waals surface area contributed by atoms with E-state index >= 15 is 0 Å². The van der Waals surface area contributed by atoms with Crippen LogP contribution in [0.4, 0.5) is 0 Å². The van der Waals surface area contributed by atoms with Gasteiger partial charge in [0.1, 0.15) is 0 Å². The molecule has 4 heterocycles. The molecule has 0 amide bonds. The third-order valence-corrected chi connectivity index (χ3v) is 9.95. The largest absolute Gasteiger partial charge is 0.309 e. The first-order valence-electron chi connectivity index (χ1n) is 15.5. The highest BCUT2D eigenvalue weighted by molar-refractivity contribution is 6.33. The Morgan fingerprint density at radius 1 is 0.289 bits per heavy atom. The van der Waals surface area contributed by atoms with Crippen LogP contribution in [0.5, 0.6) is 0 Å². The van der Waals surface area contributed by atoms with E-state index in [2.05, 4.69) is 165 Å². The normalized spacial score (nSPS) is 12.4. The van der Waals surface area contributed by atoms with E-state index < -0.39 is 0 Å². The minimum absolute atomic E-state index is 1.15. The van der Waals surface area contributed by atoms with Crippen LogP contribution in [0.1, 0.15) is 0 Å². The third kappa shape index (κ3) is 2.86. The molecule has 0 radical (unpaired) electrons. The molecule has 11 aromatic rings. The second-order valence-electron chi connectivity index (χ2n) is 12.2. The van der Waals surface area contributed by atoms with Crippen LogP contribution >= 0.6 is 0 Å². The van der Waals surface area contributed by atoms with E-state index in [4.69, 9.17) is 0 Å². The van der Waals surface area contributed by atoms with Gasteiger partial charge in [0.2, 0.25) is 0 Å². The Labute approximate surface area is 257 Å². The second kappa shape index (κ2) is 8.31. The van der Waals surface area contributed by atoms with Gasteiger partial charge in [0.15, 0.2) is 0 Å². The lowest BCUT2D eigenvalue weighted by Gasteiger charge is -2.13. The Bertz CT molecular complexity index is 2930. The highest BCUT2D eigenvalue weighted by Crippen LogP contribution is 2.45. The monoisotopic (exact) mass is 571 g/mol. The fourth-order valence-corrected chi connectivity index (χ4v) is 8.22. The van der Waals surface area contributed by atoms with Crippen LogP contribution in [0.2, 0.25) is 0 Å². The zero-order valence-corrected chi connectivity index (χ0v) is 24.3. The summed E-state index contributed by atoms with van der Waals surface area (Å²) in [6.07, 6.45) is 0. The molecular formula is C42H25N3. The van der Waals surface area contributed by atoms with Gasteiger partial charge in [0.25, 0.3) is 0 Å². The van der Waals surface area contributed by atoms with Crippen LogP contribution < -0.4 is 0 Å². The third-order valence-electron chi connectivity index (χ3n) is 9.95. The van der Waals surface area contributed by atoms with Crippen LogP contribution in [0.3, 0.4) is 0 Å². The van der Waals surface area contributed by atoms with Crippen molar-refractivity contribution >= 4 is 81.7 Å². The van der Waals surface area contributed by atoms with E-state index in [1.54, 1.807) is 0 Å². The van der Waals surface area contributed by atoms with Gasteiger partial charge < -0.3 is 13.5 Å². The van der Waals surface area contributed by atoms with Gasteiger partial charge in [-0.1, -0.05) is 97.1 Å². The SMILES string of the molecule is c1cc(-n2c3ccccc3c3ccccc32)cc(-n2c3cccc4c5ccccc5n5c6ccccc6c6ccc2c(c43)c65)c1. The highest BCUT2D eigenvalue weighted by Gasteiger charge is 2.23. The van der Waals surface area contributed by atoms with E-state index in [9.17, 15) is 0 Å². The van der Waals surface area contributed by atoms with E-state index in [0.717, 1.165) is 11.4 Å². The van der Waals surface area contributed by atoms with Crippen molar-refractivity contribution in [1.82, 2.24) is 13.5 Å². The number of fused-ring (bicyclic) bond motifs is 9. The lowest BCUT2D eigenvalue weighted by atomic mass is 10.0. The summed E-state index contributed by atoms with van der Waals surface area (Å²) in [6, 6.07) is 55.7. The van der Waals surface area contributed by atoms with Crippen molar-refractivity contribution in [2.45, 2.75) is 0 Å². The summed E-state index contributed by atoms with van der Waals surface area (Å²) < 4.78 is 7.38. The summed E-state index contributed by atoms with van der Waals surface area (Å²) in [6.45, 7) is 0. The zero-order valence-electron chi connectivity index (χ0n) is 24.3. The summed E-state index contributed by atoms with van der Waals surface area (Å²) in [5, 5.41) is 10.3. The Morgan fingerprint density at radius 3 is 1.38 bits per heavy atom. The predicted molar refractivity (Wildman–Crippen MR) is 190 cm³/mol. The molecule has 0 saturated carbocycles. The molecular weight excluding hydrogens is 546 g/mol. The van der Waals surface area contributed by atoms with Gasteiger partial charge in [-0.3, -0.25) is 0 Å². The Hall–Kier alpha value is -6.06. The molecule has 0 spiro atoms. The molecule has 0 aliphatic carbocycles. The van der Waals surface area contributed by atoms with Gasteiger partial charge in [-0.2, -0.15) is 0 Å². The van der Waals surface area contributed by atoms with E-state index in [0.29, 0.717) is 0 Å². The van der Waals surface area contributed by atoms with Crippen molar-refractivity contribution in [2.24, 2.45) is 0 Å². The zero-order chi connectivity index (χ0) is 29.2. The first-order chi connectivity index (χ1) is 22.4. The average molecular weight is 572 g/mol. The Balaban J connectivity index is 1.31. The molecule has 208 valence electrons. The molecule has 7 aromatic carbocycles. The van der Waals surface area contributed by atoms with Crippen molar-refractivity contribution in [2.75, 3.05) is 0 Å². The van der Waals surface area contributed by atoms with Crippen molar-refractivity contribution in [3.63, 3.8) is 0 Å². The van der Waals surface area contributed by atoms with Crippen LogP contribution in [0.25, 0.3) is 93.1 Å². The van der Waals surface area contributed by atoms with Crippen LogP contribution in [-0.2, 0) is 0 Å². The lowest BCUT2D eigenvalue weighted by Crippen LogP contribution is -1.98. The van der Waals surface area contributed by atoms with Gasteiger partial charge >= 0.3 is 0 Å². The first-order valence-corrected chi connectivity index (χ1v) is 15.5. The second-order valence-corrected chi connectivity index (χ2v) is 12.2. The topological polar surface area (TPSA) is 14.3 Å². The maximum absolute atomic E-state index is 2.50. The minimum atomic E-state index is 1.15. The number of para-hydroxylation sites is 4. The number of nitrogens with zero attached hydrogens (tertiary/aromatic N) is 3. The summed E-state index contributed by atoms with van der Waals surface area (Å²) in [5.74, 6) is 0. The summed E-state index contributed by atoms with van der Waals surface area (Å²) >= 11 is 0. The van der Waals surface area contributed by atoms with Gasteiger partial charge in [0.05, 0.1) is 38.6 Å². The average Bonchev–Trinajstić information content (AvgIpc) is 3.71. The number of rotatable bonds is 2. The maximum Gasteiger partial charge on any atom is 0.0641 e. The summed E-state index contributed by atoms with van der Waals surface area (Å²) in [4.78, 5) is 0. The molecule has 0 aliphatic rings. The van der Waals surface area contributed by atoms with Gasteiger partial charge in [-0.25, -0.2) is 0 Å². The number of benzene rings is 7. The van der Waals surface area contributed by atoms with Crippen LogP contribution in [0, 0.1) is 0 Å². The van der Waals surface area contributed by atoms with Crippen LogP contribution in [-0.4, -0.2) is 13.5 Å². The number of hydrogen-bond acceptors (Lipinski definition) is 0. The molecule has 0 N–H and O–H groups in total. The molecule has 3 nitrogen and oxygen atoms in total. The number of hydrogen-bond donors (Lipinski definition) is 0. The highest BCUT2D eigenvalue weighted by atomic mass is 15.0. The molecule has 0 aliphatic heterocycles. The molecule has 4 aromatic heterocycles. The molecule has 45 heavy (non-hydrogen) atoms. The molecule has 0 bridgehead atoms. The standard InChI is InChI=1S/C42H25N3/c1-5-18-34-28(13-1)29-14-2-6-19-35(29)43(34)26-11-9-12-27(25-26)44-38-22-10-17-32-30-15-3-7-20-36(30)45-37-21-8-4-16-31(37)33-23-24-39(44)41(40(32)38)42(33)45/h1-25H. The Kier molecular flexibility index (Phi) is 4.32. The predicted octanol–water partition coefficient (Wildman–Crippen LogP) is 11.0. The molecule has 3 heteroatoms. The molecule has 11 rings (SSSR count). The summed E-state index contributed by atoms with van der Waals surface area (Å²) in [5.41, 5.74) is 11.0. The fourth-order valence-electron chi connectivity index (χ4n) is 8.22. The van der Waals surface area contributed by atoms with E-state index in [1.807, 2.05) is 0 Å². The van der Waals surface area contributed by atoms with Gasteiger partial charge in [-0.05, 0) is 60.0 Å². The van der Waals surface area contributed by atoms with Gasteiger partial charge in [-0.15, -0.1) is 0 Å². The lowest BCUT2D eigenvalue weighted by molar-refractivity contribution is 1.13. The van der Waals surface area contributed by atoms with E-state index in [1.165, 1.54) is 81.7 Å². The van der Waals surface area contributed by atoms with Crippen molar-refractivity contribution in [3.05, 3.63) is 152 Å². The smallest absolute Gasteiger partial charge is 0.0641 e. The van der Waals surface area contributed by atoms with Crippen LogP contribution in [0.15, 0.2) is 152 Å². The van der Waals surface area contributed by atoms with Crippen molar-refractivity contribution in [3.8, 4) is 11.4 Å². The molecule has 0 atom stereocenters. The maximum atomic E-state index is 2.50. The first kappa shape index (κ1) is 23.4. The molecule has 0 fully saturated rings. The minimum Gasteiger partial charge on any atom is -0.309 e. The Morgan fingerprint density at radius 2 is 0.733 bits per heavy atom. The van der Waals surface area contributed by atoms with E-state index in [-0.39, 0.29) is 0 Å². The molecule has 0 saturated heterocycles. The number of aromatic nitrogens is 3. The van der Waals surface area contributed by atoms with Gasteiger partial charge in [0, 0.05) is 49.1 Å². The van der Waals surface area contributed by atoms with Crippen molar-refractivity contribution < 1.29 is 0 Å².